The standard InChI is InChI=1S/C19H28BNO4/c1-17(2,3)24-16(22)21-12-14(13-10-8-9-11-15(13)21)20-25-19(6,7)18(4,5)23/h8-12,20,23H,1-7H3. The molecule has 0 aliphatic heterocycles. The number of nitrogens with zero attached hydrogens (tertiary/aromatic N) is 1. The van der Waals surface area contributed by atoms with Crippen molar-refractivity contribution < 1.29 is 19.3 Å². The molecule has 2 aromatic rings. The Bertz CT molecular complexity index is 766. The maximum absolute atomic E-state index is 12.5. The van der Waals surface area contributed by atoms with Crippen molar-refractivity contribution in [1.29, 1.82) is 0 Å². The minimum Gasteiger partial charge on any atom is -0.443 e. The summed E-state index contributed by atoms with van der Waals surface area (Å²) in [7, 11) is 0.285. The zero-order chi connectivity index (χ0) is 19.0. The molecule has 0 saturated heterocycles. The van der Waals surface area contributed by atoms with Gasteiger partial charge in [0.2, 0.25) is 0 Å². The van der Waals surface area contributed by atoms with Crippen LogP contribution in [0.25, 0.3) is 10.9 Å². The molecule has 0 unspecified atom stereocenters. The second-order valence-electron chi connectivity index (χ2n) is 8.38. The predicted molar refractivity (Wildman–Crippen MR) is 102 cm³/mol. The third-order valence-electron chi connectivity index (χ3n) is 4.45. The summed E-state index contributed by atoms with van der Waals surface area (Å²) in [6, 6.07) is 7.64. The van der Waals surface area contributed by atoms with E-state index in [1.165, 1.54) is 4.57 Å². The lowest BCUT2D eigenvalue weighted by Gasteiger charge is -2.37. The van der Waals surface area contributed by atoms with Crippen LogP contribution >= 0.6 is 0 Å². The Labute approximate surface area is 150 Å². The van der Waals surface area contributed by atoms with Gasteiger partial charge in [-0.05, 0) is 65.4 Å². The number of benzene rings is 1. The van der Waals surface area contributed by atoms with Gasteiger partial charge < -0.3 is 14.5 Å². The molecule has 136 valence electrons. The first-order valence-electron chi connectivity index (χ1n) is 8.50. The van der Waals surface area contributed by atoms with Crippen LogP contribution in [0.4, 0.5) is 4.79 Å². The average molecular weight is 345 g/mol. The number of aromatic nitrogens is 1. The fourth-order valence-electron chi connectivity index (χ4n) is 2.26. The second-order valence-corrected chi connectivity index (χ2v) is 8.38. The molecule has 1 aromatic carbocycles. The lowest BCUT2D eigenvalue weighted by Crippen LogP contribution is -2.49. The number of rotatable bonds is 4. The number of hydrogen-bond donors (Lipinski definition) is 1. The van der Waals surface area contributed by atoms with Crippen molar-refractivity contribution in [3.05, 3.63) is 30.5 Å². The number of para-hydroxylation sites is 1. The fraction of sp³-hybridized carbons (Fsp3) is 0.526. The topological polar surface area (TPSA) is 60.7 Å². The van der Waals surface area contributed by atoms with E-state index >= 15 is 0 Å². The van der Waals surface area contributed by atoms with Crippen LogP contribution in [0.15, 0.2) is 30.5 Å². The first kappa shape index (κ1) is 19.5. The van der Waals surface area contributed by atoms with E-state index in [1.807, 2.05) is 58.9 Å². The van der Waals surface area contributed by atoms with E-state index in [2.05, 4.69) is 0 Å². The van der Waals surface area contributed by atoms with Crippen molar-refractivity contribution in [1.82, 2.24) is 4.57 Å². The summed E-state index contributed by atoms with van der Waals surface area (Å²) in [4.78, 5) is 12.5. The third kappa shape index (κ3) is 4.44. The number of fused-ring (bicyclic) bond motifs is 1. The monoisotopic (exact) mass is 345 g/mol. The number of aliphatic hydroxyl groups is 1. The molecule has 0 atom stereocenters. The highest BCUT2D eigenvalue weighted by Gasteiger charge is 2.36. The smallest absolute Gasteiger partial charge is 0.418 e. The molecule has 25 heavy (non-hydrogen) atoms. The van der Waals surface area contributed by atoms with Gasteiger partial charge in [0.25, 0.3) is 0 Å². The van der Waals surface area contributed by atoms with Crippen LogP contribution < -0.4 is 5.46 Å². The van der Waals surface area contributed by atoms with Gasteiger partial charge in [-0.1, -0.05) is 18.2 Å². The van der Waals surface area contributed by atoms with Crippen LogP contribution in [0.3, 0.4) is 0 Å². The summed E-state index contributed by atoms with van der Waals surface area (Å²) in [6.07, 6.45) is 1.33. The lowest BCUT2D eigenvalue weighted by molar-refractivity contribution is -0.0893. The van der Waals surface area contributed by atoms with Gasteiger partial charge in [-0.2, -0.15) is 0 Å². The van der Waals surface area contributed by atoms with Crippen LogP contribution in [0.5, 0.6) is 0 Å². The van der Waals surface area contributed by atoms with Crippen LogP contribution in [0.2, 0.25) is 0 Å². The van der Waals surface area contributed by atoms with Gasteiger partial charge in [0.05, 0.1) is 16.7 Å². The molecular formula is C19H28BNO4. The molecule has 0 radical (unpaired) electrons. The van der Waals surface area contributed by atoms with Crippen molar-refractivity contribution in [3.63, 3.8) is 0 Å². The van der Waals surface area contributed by atoms with Gasteiger partial charge in [0.15, 0.2) is 0 Å². The summed E-state index contributed by atoms with van der Waals surface area (Å²) in [6.45, 7) is 12.7. The second kappa shape index (κ2) is 6.50. The number of hydrogen-bond acceptors (Lipinski definition) is 4. The van der Waals surface area contributed by atoms with E-state index in [4.69, 9.17) is 9.39 Å². The fourth-order valence-corrected chi connectivity index (χ4v) is 2.26. The molecule has 5 nitrogen and oxygen atoms in total. The van der Waals surface area contributed by atoms with Gasteiger partial charge in [0.1, 0.15) is 5.60 Å². The Hall–Kier alpha value is -1.79. The molecule has 0 saturated carbocycles. The summed E-state index contributed by atoms with van der Waals surface area (Å²) >= 11 is 0. The van der Waals surface area contributed by atoms with E-state index in [1.54, 1.807) is 20.0 Å². The van der Waals surface area contributed by atoms with Crippen LogP contribution in [-0.2, 0) is 9.39 Å². The molecule has 1 heterocycles. The van der Waals surface area contributed by atoms with Gasteiger partial charge >= 0.3 is 13.6 Å². The van der Waals surface area contributed by atoms with Crippen LogP contribution in [0.1, 0.15) is 48.5 Å². The van der Waals surface area contributed by atoms with E-state index in [0.29, 0.717) is 0 Å². The zero-order valence-corrected chi connectivity index (χ0v) is 16.2. The molecule has 0 aliphatic carbocycles. The molecule has 0 spiro atoms. The molecule has 0 amide bonds. The van der Waals surface area contributed by atoms with Gasteiger partial charge in [0, 0.05) is 6.20 Å². The highest BCUT2D eigenvalue weighted by Crippen LogP contribution is 2.25. The maximum atomic E-state index is 12.5. The number of carbonyl (C=O) groups excluding carboxylic acids is 1. The predicted octanol–water partition coefficient (Wildman–Crippen LogP) is 2.97. The quantitative estimate of drug-likeness (QED) is 0.866. The minimum atomic E-state index is -0.990. The van der Waals surface area contributed by atoms with E-state index < -0.39 is 22.9 Å². The Morgan fingerprint density at radius 1 is 1.08 bits per heavy atom. The summed E-state index contributed by atoms with van der Waals surface area (Å²) in [5, 5.41) is 11.2. The molecule has 0 fully saturated rings. The Morgan fingerprint density at radius 2 is 1.68 bits per heavy atom. The van der Waals surface area contributed by atoms with E-state index in [0.717, 1.165) is 16.4 Å². The first-order valence-corrected chi connectivity index (χ1v) is 8.50. The average Bonchev–Trinajstić information content (AvgIpc) is 2.81. The minimum absolute atomic E-state index is 0.285. The first-order chi connectivity index (χ1) is 11.3. The largest absolute Gasteiger partial charge is 0.443 e. The number of ether oxygens (including phenoxy) is 1. The summed E-state index contributed by atoms with van der Waals surface area (Å²) < 4.78 is 13.0. The highest BCUT2D eigenvalue weighted by molar-refractivity contribution is 6.51. The van der Waals surface area contributed by atoms with Crippen LogP contribution in [0, 0.1) is 0 Å². The normalized spacial score (nSPS) is 13.1. The van der Waals surface area contributed by atoms with Crippen molar-refractivity contribution in [2.75, 3.05) is 0 Å². The van der Waals surface area contributed by atoms with E-state index in [9.17, 15) is 9.90 Å². The molecule has 0 aliphatic rings. The SMILES string of the molecule is CC(C)(C)OC(=O)n1cc(BOC(C)(C)C(C)(C)O)c2ccccc21. The third-order valence-corrected chi connectivity index (χ3v) is 4.45. The highest BCUT2D eigenvalue weighted by atomic mass is 16.6. The molecular weight excluding hydrogens is 317 g/mol. The number of carbonyl (C=O) groups is 1. The lowest BCUT2D eigenvalue weighted by atomic mass is 9.82. The Morgan fingerprint density at radius 3 is 2.24 bits per heavy atom. The maximum Gasteiger partial charge on any atom is 0.418 e. The summed E-state index contributed by atoms with van der Waals surface area (Å²) in [5.41, 5.74) is -0.643. The van der Waals surface area contributed by atoms with Crippen LogP contribution in [-0.4, -0.2) is 40.1 Å². The van der Waals surface area contributed by atoms with Gasteiger partial charge in [-0.3, -0.25) is 4.57 Å². The Kier molecular flexibility index (Phi) is 5.08. The van der Waals surface area contributed by atoms with E-state index in [-0.39, 0.29) is 7.48 Å². The summed E-state index contributed by atoms with van der Waals surface area (Å²) in [5.74, 6) is 0. The van der Waals surface area contributed by atoms with Gasteiger partial charge in [-0.15, -0.1) is 0 Å². The molecule has 1 aromatic heterocycles. The molecule has 2 rings (SSSR count). The van der Waals surface area contributed by atoms with Crippen molar-refractivity contribution in [2.45, 2.75) is 65.3 Å². The molecule has 0 bridgehead atoms. The van der Waals surface area contributed by atoms with Crippen molar-refractivity contribution >= 4 is 29.9 Å². The van der Waals surface area contributed by atoms with Crippen molar-refractivity contribution in [2.24, 2.45) is 0 Å². The van der Waals surface area contributed by atoms with Crippen molar-refractivity contribution in [3.8, 4) is 0 Å². The zero-order valence-electron chi connectivity index (χ0n) is 16.2. The molecule has 6 heteroatoms. The Balaban J connectivity index is 2.35. The van der Waals surface area contributed by atoms with Gasteiger partial charge in [-0.25, -0.2) is 4.79 Å². The molecule has 1 N–H and O–H groups in total.